The molecule has 2 aromatic carbocycles. The third-order valence-corrected chi connectivity index (χ3v) is 7.42. The van der Waals surface area contributed by atoms with Crippen molar-refractivity contribution in [2.45, 2.75) is 71.3 Å². The zero-order chi connectivity index (χ0) is 24.1. The number of nitrogens with zero attached hydrogens (tertiary/aromatic N) is 1. The maximum Gasteiger partial charge on any atom is 0.223 e. The van der Waals surface area contributed by atoms with E-state index in [0.717, 1.165) is 29.9 Å². The van der Waals surface area contributed by atoms with Crippen molar-refractivity contribution < 1.29 is 19.0 Å². The summed E-state index contributed by atoms with van der Waals surface area (Å²) in [5, 5.41) is 0. The predicted octanol–water partition coefficient (Wildman–Crippen LogP) is 6.19. The second kappa shape index (κ2) is 11.2. The van der Waals surface area contributed by atoms with Crippen LogP contribution < -0.4 is 14.2 Å². The summed E-state index contributed by atoms with van der Waals surface area (Å²) in [6.07, 6.45) is 8.93. The molecule has 1 aliphatic carbocycles. The Morgan fingerprint density at radius 2 is 1.62 bits per heavy atom. The van der Waals surface area contributed by atoms with E-state index < -0.39 is 0 Å². The molecule has 5 heteroatoms. The van der Waals surface area contributed by atoms with Gasteiger partial charge < -0.3 is 19.1 Å². The van der Waals surface area contributed by atoms with E-state index in [0.29, 0.717) is 31.2 Å². The largest absolute Gasteiger partial charge is 0.493 e. The van der Waals surface area contributed by atoms with E-state index in [4.69, 9.17) is 14.2 Å². The van der Waals surface area contributed by atoms with Crippen LogP contribution in [0.4, 0.5) is 0 Å². The van der Waals surface area contributed by atoms with Crippen LogP contribution >= 0.6 is 0 Å². The molecule has 1 heterocycles. The number of carbonyl (C=O) groups is 1. The first-order chi connectivity index (χ1) is 16.5. The number of amides is 1. The SMILES string of the molecule is COc1cc2c(cc1OC)C(COc1cc(C)cc(C)c1)N(C(=O)CCC1CCCCC1)CC2. The number of carbonyl (C=O) groups excluding carboxylic acids is 1. The maximum absolute atomic E-state index is 13.5. The van der Waals surface area contributed by atoms with E-state index in [9.17, 15) is 4.79 Å². The van der Waals surface area contributed by atoms with Crippen molar-refractivity contribution in [1.29, 1.82) is 0 Å². The molecule has 1 aliphatic heterocycles. The van der Waals surface area contributed by atoms with E-state index in [2.05, 4.69) is 38.1 Å². The fourth-order valence-electron chi connectivity index (χ4n) is 5.64. The topological polar surface area (TPSA) is 48.0 Å². The van der Waals surface area contributed by atoms with Crippen LogP contribution in [0.2, 0.25) is 0 Å². The lowest BCUT2D eigenvalue weighted by Crippen LogP contribution is -2.42. The van der Waals surface area contributed by atoms with Gasteiger partial charge in [-0.05, 0) is 79.1 Å². The minimum Gasteiger partial charge on any atom is -0.493 e. The highest BCUT2D eigenvalue weighted by atomic mass is 16.5. The van der Waals surface area contributed by atoms with Crippen LogP contribution in [0.25, 0.3) is 0 Å². The third-order valence-electron chi connectivity index (χ3n) is 7.42. The maximum atomic E-state index is 13.5. The minimum atomic E-state index is -0.150. The number of benzene rings is 2. The van der Waals surface area contributed by atoms with Crippen molar-refractivity contribution in [3.05, 3.63) is 52.6 Å². The molecule has 0 aromatic heterocycles. The number of hydrogen-bond donors (Lipinski definition) is 0. The Hall–Kier alpha value is -2.69. The molecule has 2 aliphatic rings. The second-order valence-electron chi connectivity index (χ2n) is 9.94. The Kier molecular flexibility index (Phi) is 8.02. The normalized spacial score (nSPS) is 18.4. The van der Waals surface area contributed by atoms with Gasteiger partial charge in [0.05, 0.1) is 20.3 Å². The van der Waals surface area contributed by atoms with Gasteiger partial charge in [0.1, 0.15) is 12.4 Å². The van der Waals surface area contributed by atoms with E-state index in [1.807, 2.05) is 11.0 Å². The van der Waals surface area contributed by atoms with E-state index in [1.165, 1.54) is 48.8 Å². The molecule has 4 rings (SSSR count). The Morgan fingerprint density at radius 1 is 0.941 bits per heavy atom. The van der Waals surface area contributed by atoms with Crippen LogP contribution in [-0.4, -0.2) is 38.2 Å². The first-order valence-corrected chi connectivity index (χ1v) is 12.7. The smallest absolute Gasteiger partial charge is 0.223 e. The number of ether oxygens (including phenoxy) is 3. The molecular formula is C29H39NO4. The molecule has 0 N–H and O–H groups in total. The Bertz CT molecular complexity index is 976. The molecule has 0 spiro atoms. The van der Waals surface area contributed by atoms with Gasteiger partial charge in [-0.3, -0.25) is 4.79 Å². The lowest BCUT2D eigenvalue weighted by molar-refractivity contribution is -0.135. The monoisotopic (exact) mass is 465 g/mol. The molecule has 0 saturated heterocycles. The average molecular weight is 466 g/mol. The fourth-order valence-corrected chi connectivity index (χ4v) is 5.64. The molecule has 1 fully saturated rings. The predicted molar refractivity (Wildman–Crippen MR) is 135 cm³/mol. The van der Waals surface area contributed by atoms with Crippen molar-refractivity contribution in [2.24, 2.45) is 5.92 Å². The van der Waals surface area contributed by atoms with Gasteiger partial charge in [-0.25, -0.2) is 0 Å². The number of methoxy groups -OCH3 is 2. The van der Waals surface area contributed by atoms with Crippen LogP contribution in [0.3, 0.4) is 0 Å². The van der Waals surface area contributed by atoms with Crippen LogP contribution in [-0.2, 0) is 11.2 Å². The zero-order valence-corrected chi connectivity index (χ0v) is 21.2. The van der Waals surface area contributed by atoms with Gasteiger partial charge in [-0.15, -0.1) is 0 Å². The molecule has 0 radical (unpaired) electrons. The quantitative estimate of drug-likeness (QED) is 0.467. The summed E-state index contributed by atoms with van der Waals surface area (Å²) in [5.74, 6) is 3.20. The van der Waals surface area contributed by atoms with E-state index >= 15 is 0 Å². The lowest BCUT2D eigenvalue weighted by atomic mass is 9.85. The van der Waals surface area contributed by atoms with Crippen molar-refractivity contribution >= 4 is 5.91 Å². The molecule has 1 unspecified atom stereocenters. The van der Waals surface area contributed by atoms with Crippen molar-refractivity contribution in [1.82, 2.24) is 4.90 Å². The number of aryl methyl sites for hydroxylation is 2. The Morgan fingerprint density at radius 3 is 2.29 bits per heavy atom. The van der Waals surface area contributed by atoms with Gasteiger partial charge >= 0.3 is 0 Å². The molecule has 0 bridgehead atoms. The summed E-state index contributed by atoms with van der Waals surface area (Å²) in [6.45, 7) is 5.27. The lowest BCUT2D eigenvalue weighted by Gasteiger charge is -2.38. The Labute approximate surface area is 204 Å². The summed E-state index contributed by atoms with van der Waals surface area (Å²) in [6, 6.07) is 10.2. The number of fused-ring (bicyclic) bond motifs is 1. The van der Waals surface area contributed by atoms with Crippen LogP contribution in [0.5, 0.6) is 17.2 Å². The van der Waals surface area contributed by atoms with Crippen molar-refractivity contribution in [3.8, 4) is 17.2 Å². The van der Waals surface area contributed by atoms with E-state index in [-0.39, 0.29) is 11.9 Å². The minimum absolute atomic E-state index is 0.150. The number of hydrogen-bond acceptors (Lipinski definition) is 4. The first-order valence-electron chi connectivity index (χ1n) is 12.7. The zero-order valence-electron chi connectivity index (χ0n) is 21.2. The van der Waals surface area contributed by atoms with Gasteiger partial charge in [0, 0.05) is 13.0 Å². The van der Waals surface area contributed by atoms with Gasteiger partial charge in [0.2, 0.25) is 5.91 Å². The standard InChI is InChI=1S/C29H39NO4/c1-20-14-21(2)16-24(15-20)34-19-26-25-18-28(33-4)27(32-3)17-23(25)12-13-30(26)29(31)11-10-22-8-6-5-7-9-22/h14-18,22,26H,5-13,19H2,1-4H3. The molecule has 1 amide bonds. The summed E-state index contributed by atoms with van der Waals surface area (Å²) < 4.78 is 17.4. The highest BCUT2D eigenvalue weighted by molar-refractivity contribution is 5.77. The molecule has 1 atom stereocenters. The molecule has 2 aromatic rings. The highest BCUT2D eigenvalue weighted by Gasteiger charge is 2.33. The summed E-state index contributed by atoms with van der Waals surface area (Å²) in [5.41, 5.74) is 4.64. The summed E-state index contributed by atoms with van der Waals surface area (Å²) >= 11 is 0. The van der Waals surface area contributed by atoms with Crippen molar-refractivity contribution in [2.75, 3.05) is 27.4 Å². The average Bonchev–Trinajstić information content (AvgIpc) is 2.84. The Balaban J connectivity index is 1.57. The molecular weight excluding hydrogens is 426 g/mol. The highest BCUT2D eigenvalue weighted by Crippen LogP contribution is 2.39. The van der Waals surface area contributed by atoms with Crippen molar-refractivity contribution in [3.63, 3.8) is 0 Å². The second-order valence-corrected chi connectivity index (χ2v) is 9.94. The van der Waals surface area contributed by atoms with Gasteiger partial charge in [-0.1, -0.05) is 38.2 Å². The van der Waals surface area contributed by atoms with Crippen LogP contribution in [0, 0.1) is 19.8 Å². The van der Waals surface area contributed by atoms with Gasteiger partial charge in [-0.2, -0.15) is 0 Å². The molecule has 184 valence electrons. The van der Waals surface area contributed by atoms with Crippen LogP contribution in [0.1, 0.15) is 73.2 Å². The summed E-state index contributed by atoms with van der Waals surface area (Å²) in [7, 11) is 3.32. The van der Waals surface area contributed by atoms with Crippen LogP contribution in [0.15, 0.2) is 30.3 Å². The molecule has 34 heavy (non-hydrogen) atoms. The molecule has 1 saturated carbocycles. The fraction of sp³-hybridized carbons (Fsp3) is 0.552. The first kappa shape index (κ1) is 24.4. The number of rotatable bonds is 8. The third kappa shape index (κ3) is 5.68. The van der Waals surface area contributed by atoms with Gasteiger partial charge in [0.25, 0.3) is 0 Å². The van der Waals surface area contributed by atoms with Gasteiger partial charge in [0.15, 0.2) is 11.5 Å². The summed E-state index contributed by atoms with van der Waals surface area (Å²) in [4.78, 5) is 15.5. The van der Waals surface area contributed by atoms with E-state index in [1.54, 1.807) is 14.2 Å². The molecule has 5 nitrogen and oxygen atoms in total.